The number of thioether (sulfide) groups is 1. The number of carbonyl (C=O) groups is 1. The van der Waals surface area contributed by atoms with E-state index < -0.39 is 5.97 Å². The SMILES string of the molecule is N#Cc1ccccc1N1CCSCC1CC(=O)O. The van der Waals surface area contributed by atoms with Crippen molar-refractivity contribution in [3.63, 3.8) is 0 Å². The van der Waals surface area contributed by atoms with Crippen LogP contribution in [-0.2, 0) is 4.79 Å². The second kappa shape index (κ2) is 5.78. The second-order valence-corrected chi connectivity index (χ2v) is 5.30. The molecular weight excluding hydrogens is 248 g/mol. The monoisotopic (exact) mass is 262 g/mol. The molecule has 1 aromatic carbocycles. The van der Waals surface area contributed by atoms with Crippen molar-refractivity contribution in [1.82, 2.24) is 0 Å². The number of hydrogen-bond donors (Lipinski definition) is 1. The van der Waals surface area contributed by atoms with Gasteiger partial charge in [-0.3, -0.25) is 4.79 Å². The van der Waals surface area contributed by atoms with Crippen molar-refractivity contribution >= 4 is 23.4 Å². The largest absolute Gasteiger partial charge is 0.481 e. The fourth-order valence-corrected chi connectivity index (χ4v) is 3.22. The number of para-hydroxylation sites is 1. The summed E-state index contributed by atoms with van der Waals surface area (Å²) < 4.78 is 0. The Labute approximate surface area is 110 Å². The number of anilines is 1. The molecule has 4 nitrogen and oxygen atoms in total. The molecule has 5 heteroatoms. The highest BCUT2D eigenvalue weighted by molar-refractivity contribution is 7.99. The molecule has 0 radical (unpaired) electrons. The lowest BCUT2D eigenvalue weighted by atomic mass is 10.1. The molecule has 0 spiro atoms. The maximum atomic E-state index is 10.9. The Balaban J connectivity index is 2.28. The molecule has 0 aliphatic carbocycles. The number of nitrogens with zero attached hydrogens (tertiary/aromatic N) is 2. The van der Waals surface area contributed by atoms with Crippen LogP contribution >= 0.6 is 11.8 Å². The third-order valence-electron chi connectivity index (χ3n) is 2.97. The van der Waals surface area contributed by atoms with Gasteiger partial charge in [-0.2, -0.15) is 17.0 Å². The van der Waals surface area contributed by atoms with E-state index in [-0.39, 0.29) is 12.5 Å². The van der Waals surface area contributed by atoms with Crippen LogP contribution in [0.25, 0.3) is 0 Å². The molecule has 0 amide bonds. The van der Waals surface area contributed by atoms with E-state index in [9.17, 15) is 4.79 Å². The van der Waals surface area contributed by atoms with E-state index in [1.807, 2.05) is 18.2 Å². The number of aliphatic carboxylic acids is 1. The van der Waals surface area contributed by atoms with Gasteiger partial charge in [-0.1, -0.05) is 12.1 Å². The second-order valence-electron chi connectivity index (χ2n) is 4.15. The zero-order valence-electron chi connectivity index (χ0n) is 9.87. The molecule has 1 atom stereocenters. The van der Waals surface area contributed by atoms with Gasteiger partial charge < -0.3 is 10.0 Å². The van der Waals surface area contributed by atoms with Crippen molar-refractivity contribution in [3.8, 4) is 6.07 Å². The van der Waals surface area contributed by atoms with Gasteiger partial charge in [0.25, 0.3) is 0 Å². The van der Waals surface area contributed by atoms with Gasteiger partial charge >= 0.3 is 5.97 Å². The lowest BCUT2D eigenvalue weighted by Crippen LogP contribution is -2.44. The van der Waals surface area contributed by atoms with Crippen molar-refractivity contribution in [2.75, 3.05) is 23.0 Å². The maximum absolute atomic E-state index is 10.9. The molecule has 1 fully saturated rings. The molecule has 1 saturated heterocycles. The third kappa shape index (κ3) is 2.77. The van der Waals surface area contributed by atoms with Gasteiger partial charge in [0.05, 0.1) is 17.7 Å². The first kappa shape index (κ1) is 12.8. The molecule has 0 aromatic heterocycles. The first-order valence-electron chi connectivity index (χ1n) is 5.77. The summed E-state index contributed by atoms with van der Waals surface area (Å²) in [5.74, 6) is 0.976. The first-order chi connectivity index (χ1) is 8.72. The minimum absolute atomic E-state index is 0.0317. The predicted octanol–water partition coefficient (Wildman–Crippen LogP) is 1.95. The fraction of sp³-hybridized carbons (Fsp3) is 0.385. The summed E-state index contributed by atoms with van der Waals surface area (Å²) in [5.41, 5.74) is 1.46. The minimum Gasteiger partial charge on any atom is -0.481 e. The van der Waals surface area contributed by atoms with Crippen molar-refractivity contribution in [2.45, 2.75) is 12.5 Å². The summed E-state index contributed by atoms with van der Waals surface area (Å²) in [5, 5.41) is 18.1. The Kier molecular flexibility index (Phi) is 4.11. The average Bonchev–Trinajstić information content (AvgIpc) is 2.39. The van der Waals surface area contributed by atoms with Crippen LogP contribution in [0.4, 0.5) is 5.69 Å². The number of carboxylic acid groups (broad SMARTS) is 1. The number of benzene rings is 1. The van der Waals surface area contributed by atoms with Crippen molar-refractivity contribution in [3.05, 3.63) is 29.8 Å². The van der Waals surface area contributed by atoms with Crippen LogP contribution in [-0.4, -0.2) is 35.2 Å². The Bertz CT molecular complexity index is 484. The van der Waals surface area contributed by atoms with Crippen LogP contribution < -0.4 is 4.90 Å². The van der Waals surface area contributed by atoms with Gasteiger partial charge in [0.1, 0.15) is 6.07 Å². The van der Waals surface area contributed by atoms with Gasteiger partial charge in [-0.05, 0) is 12.1 Å². The van der Waals surface area contributed by atoms with Crippen LogP contribution in [0.2, 0.25) is 0 Å². The molecule has 1 aliphatic heterocycles. The molecule has 1 aromatic rings. The molecule has 1 N–H and O–H groups in total. The smallest absolute Gasteiger partial charge is 0.305 e. The summed E-state index contributed by atoms with van der Waals surface area (Å²) in [6.07, 6.45) is 0.118. The van der Waals surface area contributed by atoms with E-state index in [0.29, 0.717) is 5.56 Å². The summed E-state index contributed by atoms with van der Waals surface area (Å²) >= 11 is 1.77. The fourth-order valence-electron chi connectivity index (χ4n) is 2.16. The lowest BCUT2D eigenvalue weighted by molar-refractivity contribution is -0.137. The van der Waals surface area contributed by atoms with Gasteiger partial charge in [0.15, 0.2) is 0 Å². The molecule has 0 saturated carbocycles. The Morgan fingerprint density at radius 2 is 2.33 bits per heavy atom. The van der Waals surface area contributed by atoms with E-state index in [2.05, 4.69) is 11.0 Å². The van der Waals surface area contributed by atoms with Crippen LogP contribution in [0.3, 0.4) is 0 Å². The van der Waals surface area contributed by atoms with Gasteiger partial charge in [0, 0.05) is 24.1 Å². The zero-order chi connectivity index (χ0) is 13.0. The van der Waals surface area contributed by atoms with Crippen LogP contribution in [0.15, 0.2) is 24.3 Å². The van der Waals surface area contributed by atoms with Crippen molar-refractivity contribution in [1.29, 1.82) is 5.26 Å². The first-order valence-corrected chi connectivity index (χ1v) is 6.93. The summed E-state index contributed by atoms with van der Waals surface area (Å²) in [7, 11) is 0. The van der Waals surface area contributed by atoms with E-state index in [4.69, 9.17) is 10.4 Å². The molecule has 1 unspecified atom stereocenters. The van der Waals surface area contributed by atoms with E-state index >= 15 is 0 Å². The highest BCUT2D eigenvalue weighted by Crippen LogP contribution is 2.28. The molecule has 1 aliphatic rings. The van der Waals surface area contributed by atoms with Gasteiger partial charge in [-0.25, -0.2) is 0 Å². The number of rotatable bonds is 3. The van der Waals surface area contributed by atoms with E-state index in [0.717, 1.165) is 23.7 Å². The molecule has 2 rings (SSSR count). The molecule has 94 valence electrons. The molecule has 18 heavy (non-hydrogen) atoms. The van der Waals surface area contributed by atoms with Gasteiger partial charge in [-0.15, -0.1) is 0 Å². The summed E-state index contributed by atoms with van der Waals surface area (Å²) in [4.78, 5) is 13.0. The van der Waals surface area contributed by atoms with Crippen LogP contribution in [0, 0.1) is 11.3 Å². The highest BCUT2D eigenvalue weighted by atomic mass is 32.2. The molecule has 0 bridgehead atoms. The van der Waals surface area contributed by atoms with Crippen LogP contribution in [0.5, 0.6) is 0 Å². The number of nitriles is 1. The van der Waals surface area contributed by atoms with Crippen LogP contribution in [0.1, 0.15) is 12.0 Å². The van der Waals surface area contributed by atoms with Crippen molar-refractivity contribution in [2.24, 2.45) is 0 Å². The Morgan fingerprint density at radius 1 is 1.56 bits per heavy atom. The van der Waals surface area contributed by atoms with E-state index in [1.54, 1.807) is 17.8 Å². The topological polar surface area (TPSA) is 64.3 Å². The summed E-state index contributed by atoms with van der Waals surface area (Å²) in [6, 6.07) is 9.52. The van der Waals surface area contributed by atoms with Crippen molar-refractivity contribution < 1.29 is 9.90 Å². The zero-order valence-corrected chi connectivity index (χ0v) is 10.7. The average molecular weight is 262 g/mol. The summed E-state index contributed by atoms with van der Waals surface area (Å²) in [6.45, 7) is 0.793. The lowest BCUT2D eigenvalue weighted by Gasteiger charge is -2.36. The minimum atomic E-state index is -0.790. The quantitative estimate of drug-likeness (QED) is 0.902. The third-order valence-corrected chi connectivity index (χ3v) is 4.06. The standard InChI is InChI=1S/C13H14N2O2S/c14-8-10-3-1-2-4-12(10)15-5-6-18-9-11(15)7-13(16)17/h1-4,11H,5-7,9H2,(H,16,17). The molecular formula is C13H14N2O2S. The highest BCUT2D eigenvalue weighted by Gasteiger charge is 2.26. The van der Waals surface area contributed by atoms with E-state index in [1.165, 1.54) is 0 Å². The Hall–Kier alpha value is -1.67. The van der Waals surface area contributed by atoms with Gasteiger partial charge in [0.2, 0.25) is 0 Å². The number of hydrogen-bond acceptors (Lipinski definition) is 4. The Morgan fingerprint density at radius 3 is 3.06 bits per heavy atom. The molecule has 1 heterocycles. The maximum Gasteiger partial charge on any atom is 0.305 e. The number of carboxylic acids is 1. The predicted molar refractivity (Wildman–Crippen MR) is 71.9 cm³/mol. The normalized spacial score (nSPS) is 19.3.